The van der Waals surface area contributed by atoms with E-state index in [1.807, 2.05) is 0 Å². The largest absolute Gasteiger partial charge is 0.496 e. The number of amides is 1. The average Bonchev–Trinajstić information content (AvgIpc) is 2.95. The van der Waals surface area contributed by atoms with Gasteiger partial charge < -0.3 is 14.7 Å². The number of alkyl halides is 6. The molecule has 1 amide bonds. The van der Waals surface area contributed by atoms with Gasteiger partial charge in [0.1, 0.15) is 11.8 Å². The van der Waals surface area contributed by atoms with E-state index in [2.05, 4.69) is 6.58 Å². The Bertz CT molecular complexity index is 1490. The molecule has 0 aromatic heterocycles. The molecule has 1 fully saturated rings. The highest BCUT2D eigenvalue weighted by Crippen LogP contribution is 2.50. The van der Waals surface area contributed by atoms with Crippen LogP contribution in [-0.2, 0) is 21.9 Å². The average molecular weight is 610 g/mol. The van der Waals surface area contributed by atoms with Crippen molar-refractivity contribution in [1.82, 2.24) is 4.90 Å². The lowest BCUT2D eigenvalue weighted by Crippen LogP contribution is -2.50. The van der Waals surface area contributed by atoms with Gasteiger partial charge in [-0.1, -0.05) is 66.9 Å². The Labute approximate surface area is 241 Å². The molecular formula is C30H25F6NO4S. The van der Waals surface area contributed by atoms with E-state index in [9.17, 15) is 41.0 Å². The number of benzene rings is 3. The van der Waals surface area contributed by atoms with Gasteiger partial charge in [-0.15, -0.1) is 0 Å². The Morgan fingerprint density at radius 3 is 2.12 bits per heavy atom. The van der Waals surface area contributed by atoms with E-state index in [4.69, 9.17) is 4.74 Å². The van der Waals surface area contributed by atoms with Gasteiger partial charge in [-0.25, -0.2) is 4.79 Å². The van der Waals surface area contributed by atoms with E-state index in [0.717, 1.165) is 22.6 Å². The minimum Gasteiger partial charge on any atom is -0.496 e. The first-order chi connectivity index (χ1) is 19.7. The van der Waals surface area contributed by atoms with Crippen LogP contribution < -0.4 is 4.74 Å². The number of carboxylic acid groups (broad SMARTS) is 1. The fraction of sp³-hybridized carbons (Fsp3) is 0.267. The highest BCUT2D eigenvalue weighted by atomic mass is 32.2. The van der Waals surface area contributed by atoms with Crippen molar-refractivity contribution >= 4 is 29.2 Å². The molecular weight excluding hydrogens is 584 g/mol. The van der Waals surface area contributed by atoms with E-state index >= 15 is 0 Å². The van der Waals surface area contributed by atoms with Gasteiger partial charge in [0, 0.05) is 17.0 Å². The number of hydrogen-bond donors (Lipinski definition) is 1. The van der Waals surface area contributed by atoms with Crippen molar-refractivity contribution in [3.05, 3.63) is 95.6 Å². The lowest BCUT2D eigenvalue weighted by molar-refractivity contribution is -0.163. The first-order valence-corrected chi connectivity index (χ1v) is 13.5. The molecule has 1 saturated heterocycles. The summed E-state index contributed by atoms with van der Waals surface area (Å²) in [6.07, 6.45) is -10.7. The van der Waals surface area contributed by atoms with Crippen LogP contribution in [0.1, 0.15) is 41.0 Å². The van der Waals surface area contributed by atoms with Crippen LogP contribution in [0.3, 0.4) is 0 Å². The van der Waals surface area contributed by atoms with E-state index in [-0.39, 0.29) is 29.5 Å². The lowest BCUT2D eigenvalue weighted by atomic mass is 9.84. The summed E-state index contributed by atoms with van der Waals surface area (Å²) in [6, 6.07) is 15.1. The zero-order chi connectivity index (χ0) is 30.8. The van der Waals surface area contributed by atoms with Crippen molar-refractivity contribution < 1.29 is 45.8 Å². The van der Waals surface area contributed by atoms with Crippen LogP contribution in [0.25, 0.3) is 5.57 Å². The number of para-hydroxylation sites is 1. The van der Waals surface area contributed by atoms with Gasteiger partial charge in [0.25, 0.3) is 5.91 Å². The number of likely N-dealkylation sites (tertiary alicyclic amines) is 1. The monoisotopic (exact) mass is 609 g/mol. The Kier molecular flexibility index (Phi) is 8.95. The summed E-state index contributed by atoms with van der Waals surface area (Å²) in [5, 5.41) is 9.86. The van der Waals surface area contributed by atoms with Crippen molar-refractivity contribution in [2.75, 3.05) is 13.7 Å². The van der Waals surface area contributed by atoms with Gasteiger partial charge in [-0.2, -0.15) is 26.3 Å². The molecule has 3 aromatic rings. The molecule has 222 valence electrons. The predicted octanol–water partition coefficient (Wildman–Crippen LogP) is 7.76. The molecule has 1 aliphatic heterocycles. The maximum Gasteiger partial charge on any atom is 0.418 e. The summed E-state index contributed by atoms with van der Waals surface area (Å²) in [7, 11) is 1.27. The lowest BCUT2D eigenvalue weighted by Gasteiger charge is -2.38. The molecule has 0 aliphatic carbocycles. The molecule has 0 saturated carbocycles. The third-order valence-corrected chi connectivity index (χ3v) is 8.14. The highest BCUT2D eigenvalue weighted by molar-refractivity contribution is 7.99. The van der Waals surface area contributed by atoms with Crippen LogP contribution in [0.15, 0.2) is 83.1 Å². The molecule has 12 heteroatoms. The van der Waals surface area contributed by atoms with Crippen LogP contribution in [-0.4, -0.2) is 41.6 Å². The topological polar surface area (TPSA) is 66.8 Å². The molecule has 4 rings (SSSR count). The first-order valence-electron chi connectivity index (χ1n) is 12.6. The smallest absolute Gasteiger partial charge is 0.418 e. The maximum absolute atomic E-state index is 14.4. The van der Waals surface area contributed by atoms with E-state index in [1.165, 1.54) is 25.3 Å². The SMILES string of the molecule is C=C(C(=O)N1CCC(c2ccccc2)CC1C(=O)O)c1ccc(Sc2ccccc2OC)c(C(F)(F)F)c1C(F)(F)F. The van der Waals surface area contributed by atoms with Crippen LogP contribution >= 0.6 is 11.8 Å². The summed E-state index contributed by atoms with van der Waals surface area (Å²) >= 11 is 0.434. The summed E-state index contributed by atoms with van der Waals surface area (Å²) in [5.74, 6) is -2.64. The van der Waals surface area contributed by atoms with Gasteiger partial charge in [0.2, 0.25) is 0 Å². The van der Waals surface area contributed by atoms with Gasteiger partial charge in [0.15, 0.2) is 0 Å². The number of nitrogens with zero attached hydrogens (tertiary/aromatic N) is 1. The van der Waals surface area contributed by atoms with Crippen molar-refractivity contribution in [2.45, 2.75) is 46.9 Å². The molecule has 1 N–H and O–H groups in total. The number of aliphatic carboxylic acids is 1. The normalized spacial score (nSPS) is 17.5. The number of carbonyl (C=O) groups excluding carboxylic acids is 1. The van der Waals surface area contributed by atoms with Crippen LogP contribution in [0, 0.1) is 0 Å². The Balaban J connectivity index is 1.75. The zero-order valence-corrected chi connectivity index (χ0v) is 22.9. The first kappa shape index (κ1) is 31.0. The van der Waals surface area contributed by atoms with Gasteiger partial charge >= 0.3 is 18.3 Å². The zero-order valence-electron chi connectivity index (χ0n) is 22.1. The molecule has 0 bridgehead atoms. The maximum atomic E-state index is 14.4. The van der Waals surface area contributed by atoms with Crippen molar-refractivity contribution in [3.8, 4) is 5.75 Å². The van der Waals surface area contributed by atoms with Crippen LogP contribution in [0.2, 0.25) is 0 Å². The predicted molar refractivity (Wildman–Crippen MR) is 144 cm³/mol. The number of halogens is 6. The Hall–Kier alpha value is -3.93. The second kappa shape index (κ2) is 12.1. The molecule has 1 aliphatic rings. The van der Waals surface area contributed by atoms with Crippen LogP contribution in [0.4, 0.5) is 26.3 Å². The van der Waals surface area contributed by atoms with Crippen molar-refractivity contribution in [3.63, 3.8) is 0 Å². The summed E-state index contributed by atoms with van der Waals surface area (Å²) in [6.45, 7) is 3.30. The fourth-order valence-electron chi connectivity index (χ4n) is 5.08. The molecule has 2 atom stereocenters. The Morgan fingerprint density at radius 1 is 0.905 bits per heavy atom. The van der Waals surface area contributed by atoms with Gasteiger partial charge in [0.05, 0.1) is 23.1 Å². The number of methoxy groups -OCH3 is 1. The minimum atomic E-state index is -5.53. The third kappa shape index (κ3) is 6.43. The Morgan fingerprint density at radius 2 is 1.52 bits per heavy atom. The molecule has 1 heterocycles. The molecule has 0 spiro atoms. The minimum absolute atomic E-state index is 0.0210. The fourth-order valence-corrected chi connectivity index (χ4v) is 6.17. The number of hydrogen-bond acceptors (Lipinski definition) is 4. The second-order valence-electron chi connectivity index (χ2n) is 9.57. The van der Waals surface area contributed by atoms with E-state index < -0.39 is 57.4 Å². The number of piperidine rings is 1. The quantitative estimate of drug-likeness (QED) is 0.219. The number of carboxylic acids is 1. The van der Waals surface area contributed by atoms with Crippen LogP contribution in [0.5, 0.6) is 5.75 Å². The number of rotatable bonds is 7. The van der Waals surface area contributed by atoms with E-state index in [0.29, 0.717) is 18.2 Å². The third-order valence-electron chi connectivity index (χ3n) is 7.03. The molecule has 0 radical (unpaired) electrons. The van der Waals surface area contributed by atoms with E-state index in [1.54, 1.807) is 36.4 Å². The number of ether oxygens (including phenoxy) is 1. The molecule has 3 aromatic carbocycles. The molecule has 2 unspecified atom stereocenters. The standard InChI is InChI=1S/C30H25F6NO4S/c1-17(27(38)37-15-14-19(16-21(37)28(39)40)18-8-4-3-5-9-18)20-12-13-24(42-23-11-7-6-10-22(23)41-2)26(30(34,35)36)25(20)29(31,32)33/h3-13,19,21H,1,14-16H2,2H3,(H,39,40). The van der Waals surface area contributed by atoms with Crippen molar-refractivity contribution in [1.29, 1.82) is 0 Å². The number of carbonyl (C=O) groups is 2. The summed E-state index contributed by atoms with van der Waals surface area (Å²) in [4.78, 5) is 25.8. The van der Waals surface area contributed by atoms with Gasteiger partial charge in [-0.05, 0) is 48.1 Å². The molecule has 42 heavy (non-hydrogen) atoms. The molecule has 5 nitrogen and oxygen atoms in total. The second-order valence-corrected chi connectivity index (χ2v) is 10.7. The van der Waals surface area contributed by atoms with Gasteiger partial charge in [-0.3, -0.25) is 4.79 Å². The summed E-state index contributed by atoms with van der Waals surface area (Å²) in [5.41, 5.74) is -5.16. The summed E-state index contributed by atoms with van der Waals surface area (Å²) < 4.78 is 91.4. The highest BCUT2D eigenvalue weighted by Gasteiger charge is 2.48. The van der Waals surface area contributed by atoms with Crippen molar-refractivity contribution in [2.24, 2.45) is 0 Å².